The molecule has 0 radical (unpaired) electrons. The number of nitrogens with zero attached hydrogens (tertiary/aromatic N) is 5. The van der Waals surface area contributed by atoms with Crippen molar-refractivity contribution in [3.63, 3.8) is 0 Å². The number of carbonyl (C=O) groups is 1. The fourth-order valence-electron chi connectivity index (χ4n) is 6.56. The van der Waals surface area contributed by atoms with Gasteiger partial charge in [-0.2, -0.15) is 0 Å². The highest BCUT2D eigenvalue weighted by atomic mass is 16.3. The number of hydrogen-bond acceptors (Lipinski definition) is 6. The Kier molecular flexibility index (Phi) is 8.34. The van der Waals surface area contributed by atoms with E-state index in [-0.39, 0.29) is 24.6 Å². The van der Waals surface area contributed by atoms with Gasteiger partial charge in [-0.3, -0.25) is 19.4 Å². The lowest BCUT2D eigenvalue weighted by molar-refractivity contribution is -0.139. The van der Waals surface area contributed by atoms with Gasteiger partial charge in [0.2, 0.25) is 0 Å². The normalized spacial score (nSPS) is 17.3. The van der Waals surface area contributed by atoms with E-state index in [4.69, 9.17) is 0 Å². The van der Waals surface area contributed by atoms with Crippen LogP contribution in [0.1, 0.15) is 41.6 Å². The molecular weight excluding hydrogens is 604 g/mol. The predicted molar refractivity (Wildman–Crippen MR) is 184 cm³/mol. The first kappa shape index (κ1) is 31.0. The van der Waals surface area contributed by atoms with Gasteiger partial charge in [0, 0.05) is 24.2 Å². The van der Waals surface area contributed by atoms with Crippen molar-refractivity contribution in [2.75, 3.05) is 11.5 Å². The summed E-state index contributed by atoms with van der Waals surface area (Å²) in [6, 6.07) is 31.9. The van der Waals surface area contributed by atoms with Gasteiger partial charge < -0.3 is 15.1 Å². The van der Waals surface area contributed by atoms with Crippen LogP contribution in [0.4, 0.5) is 5.69 Å². The molecule has 10 nitrogen and oxygen atoms in total. The highest BCUT2D eigenvalue weighted by Gasteiger charge is 2.52. The molecule has 1 aliphatic heterocycles. The number of aryl methyl sites for hydroxylation is 1. The number of allylic oxidation sites excluding steroid dienone is 1. The van der Waals surface area contributed by atoms with Crippen LogP contribution in [-0.4, -0.2) is 47.5 Å². The fraction of sp³-hybridized carbons (Fsp3) is 0.211. The van der Waals surface area contributed by atoms with Gasteiger partial charge in [-0.05, 0) is 47.9 Å². The minimum absolute atomic E-state index is 0.0687. The number of aromatic nitrogens is 5. The Hall–Kier alpha value is -5.58. The van der Waals surface area contributed by atoms with E-state index >= 15 is 0 Å². The van der Waals surface area contributed by atoms with Gasteiger partial charge >= 0.3 is 0 Å². The number of H-pyrrole nitrogens is 1. The lowest BCUT2D eigenvalue weighted by Gasteiger charge is -2.27. The van der Waals surface area contributed by atoms with Gasteiger partial charge in [0.25, 0.3) is 11.5 Å². The molecule has 0 saturated carbocycles. The molecule has 3 heterocycles. The molecule has 1 aliphatic rings. The number of nitrogens with one attached hydrogen (secondary N) is 1. The number of aliphatic hydroxyl groups is 2. The van der Waals surface area contributed by atoms with Crippen molar-refractivity contribution in [2.24, 2.45) is 5.92 Å². The summed E-state index contributed by atoms with van der Waals surface area (Å²) in [4.78, 5) is 28.7. The molecular formula is C38H36N6O4. The Morgan fingerprint density at radius 2 is 1.71 bits per heavy atom. The number of fused-ring (bicyclic) bond motifs is 2. The number of anilines is 1. The van der Waals surface area contributed by atoms with Crippen LogP contribution in [0, 0.1) is 5.92 Å². The number of rotatable bonds is 11. The van der Waals surface area contributed by atoms with E-state index in [1.165, 1.54) is 4.68 Å². The van der Waals surface area contributed by atoms with E-state index in [9.17, 15) is 19.8 Å². The van der Waals surface area contributed by atoms with Gasteiger partial charge in [-0.1, -0.05) is 97.1 Å². The van der Waals surface area contributed by atoms with Crippen molar-refractivity contribution in [2.45, 2.75) is 38.0 Å². The highest BCUT2D eigenvalue weighted by Crippen LogP contribution is 2.45. The summed E-state index contributed by atoms with van der Waals surface area (Å²) >= 11 is 0. The van der Waals surface area contributed by atoms with E-state index in [2.05, 4.69) is 15.4 Å². The summed E-state index contributed by atoms with van der Waals surface area (Å²) in [5.74, 6) is -1.17. The van der Waals surface area contributed by atoms with Crippen molar-refractivity contribution in [1.82, 2.24) is 24.8 Å². The largest absolute Gasteiger partial charge is 0.395 e. The van der Waals surface area contributed by atoms with Crippen LogP contribution < -0.4 is 10.5 Å². The number of aromatic amines is 1. The Labute approximate surface area is 277 Å². The molecule has 0 aliphatic carbocycles. The minimum Gasteiger partial charge on any atom is -0.395 e. The Balaban J connectivity index is 1.06. The third kappa shape index (κ3) is 5.55. The minimum atomic E-state index is -1.75. The van der Waals surface area contributed by atoms with Crippen LogP contribution in [0.15, 0.2) is 126 Å². The first-order valence-electron chi connectivity index (χ1n) is 16.0. The van der Waals surface area contributed by atoms with Gasteiger partial charge in [-0.25, -0.2) is 4.68 Å². The van der Waals surface area contributed by atoms with Gasteiger partial charge in [0.15, 0.2) is 5.60 Å². The summed E-state index contributed by atoms with van der Waals surface area (Å²) in [5, 5.41) is 34.3. The topological polar surface area (TPSA) is 129 Å². The second-order valence-corrected chi connectivity index (χ2v) is 12.2. The molecule has 48 heavy (non-hydrogen) atoms. The van der Waals surface area contributed by atoms with Crippen molar-refractivity contribution >= 4 is 22.5 Å². The highest BCUT2D eigenvalue weighted by molar-refractivity contribution is 6.07. The number of para-hydroxylation sites is 2. The summed E-state index contributed by atoms with van der Waals surface area (Å²) in [6.07, 6.45) is 6.28. The molecule has 6 aromatic rings. The van der Waals surface area contributed by atoms with Crippen molar-refractivity contribution in [3.05, 3.63) is 154 Å². The molecule has 2 aromatic heterocycles. The third-order valence-corrected chi connectivity index (χ3v) is 9.19. The van der Waals surface area contributed by atoms with E-state index in [1.54, 1.807) is 21.7 Å². The van der Waals surface area contributed by atoms with Crippen LogP contribution in [0.5, 0.6) is 0 Å². The smallest absolute Gasteiger partial charge is 0.279 e. The molecule has 0 fully saturated rings. The maximum Gasteiger partial charge on any atom is 0.279 e. The fourth-order valence-corrected chi connectivity index (χ4v) is 6.56. The van der Waals surface area contributed by atoms with E-state index in [0.717, 1.165) is 16.6 Å². The molecule has 3 N–H and O–H groups in total. The van der Waals surface area contributed by atoms with E-state index in [1.807, 2.05) is 116 Å². The molecule has 1 unspecified atom stereocenters. The Bertz CT molecular complexity index is 2170. The molecule has 0 bridgehead atoms. The first-order valence-corrected chi connectivity index (χ1v) is 16.0. The molecule has 10 heteroatoms. The Morgan fingerprint density at radius 3 is 2.52 bits per heavy atom. The van der Waals surface area contributed by atoms with Crippen LogP contribution in [0.2, 0.25) is 0 Å². The zero-order chi connectivity index (χ0) is 33.3. The average molecular weight is 641 g/mol. The molecule has 0 saturated heterocycles. The SMILES string of the molecule is C[C@H](/C=C/CCn1cc(C(CO)c2ccccc2)nn1)[C@@]1(O)C(=O)N(Cc2cccc(-n3[nH]c4ccccc4c3=O)c2)c2ccccc21. The molecule has 242 valence electrons. The lowest BCUT2D eigenvalue weighted by Crippen LogP contribution is -2.44. The van der Waals surface area contributed by atoms with Crippen LogP contribution in [-0.2, 0) is 23.5 Å². The van der Waals surface area contributed by atoms with Crippen LogP contribution in [0.25, 0.3) is 16.6 Å². The number of carbonyl (C=O) groups excluding carboxylic acids is 1. The van der Waals surface area contributed by atoms with E-state index in [0.29, 0.717) is 41.0 Å². The standard InChI is InChI=1S/C38H36N6O4/c1-26(12-9-10-21-42-24-34(39-41-42)31(25-45)28-14-3-2-4-15-28)38(48)32-18-6-8-20-35(32)43(37(38)47)23-27-13-11-16-29(22-27)44-36(46)30-17-5-7-19-33(30)40-44/h2-9,11-20,22,24,26,31,40,45,48H,10,21,23,25H2,1H3/b12-9+/t26-,31?,38+/m1/s1. The van der Waals surface area contributed by atoms with Crippen LogP contribution >= 0.6 is 0 Å². The average Bonchev–Trinajstić information content (AvgIpc) is 3.79. The summed E-state index contributed by atoms with van der Waals surface area (Å²) < 4.78 is 3.24. The monoisotopic (exact) mass is 640 g/mol. The quantitative estimate of drug-likeness (QED) is 0.170. The van der Waals surface area contributed by atoms with E-state index < -0.39 is 17.4 Å². The van der Waals surface area contributed by atoms with Crippen LogP contribution in [0.3, 0.4) is 0 Å². The van der Waals surface area contributed by atoms with Gasteiger partial charge in [-0.15, -0.1) is 5.10 Å². The van der Waals surface area contributed by atoms with Gasteiger partial charge in [0.05, 0.1) is 47.0 Å². The maximum atomic E-state index is 14.1. The summed E-state index contributed by atoms with van der Waals surface area (Å²) in [6.45, 7) is 2.55. The van der Waals surface area contributed by atoms with Crippen molar-refractivity contribution in [1.29, 1.82) is 0 Å². The molecule has 4 aromatic carbocycles. The second kappa shape index (κ2) is 12.9. The third-order valence-electron chi connectivity index (χ3n) is 9.19. The predicted octanol–water partition coefficient (Wildman–Crippen LogP) is 5.05. The first-order chi connectivity index (χ1) is 23.4. The number of amides is 1. The number of hydrogen-bond donors (Lipinski definition) is 3. The zero-order valence-electron chi connectivity index (χ0n) is 26.5. The molecule has 0 spiro atoms. The van der Waals surface area contributed by atoms with Gasteiger partial charge in [0.1, 0.15) is 0 Å². The zero-order valence-corrected chi connectivity index (χ0v) is 26.5. The Morgan fingerprint density at radius 1 is 0.938 bits per heavy atom. The van der Waals surface area contributed by atoms with Crippen molar-refractivity contribution < 1.29 is 15.0 Å². The molecule has 1 amide bonds. The summed E-state index contributed by atoms with van der Waals surface area (Å²) in [5.41, 5.74) is 3.22. The van der Waals surface area contributed by atoms with Crippen molar-refractivity contribution in [3.8, 4) is 5.69 Å². The summed E-state index contributed by atoms with van der Waals surface area (Å²) in [7, 11) is 0. The number of aliphatic hydroxyl groups excluding tert-OH is 1. The molecule has 3 atom stereocenters. The molecule has 7 rings (SSSR count). The maximum absolute atomic E-state index is 14.1. The second-order valence-electron chi connectivity index (χ2n) is 12.2. The number of benzene rings is 4. The lowest BCUT2D eigenvalue weighted by atomic mass is 9.83.